The molecule has 0 bridgehead atoms. The monoisotopic (exact) mass is 716 g/mol. The number of fused-ring (bicyclic) bond motifs is 11. The van der Waals surface area contributed by atoms with E-state index in [9.17, 15) is 0 Å². The zero-order valence-electron chi connectivity index (χ0n) is 31.2. The maximum absolute atomic E-state index is 2.65. The van der Waals surface area contributed by atoms with E-state index in [0.717, 1.165) is 11.4 Å². The first kappa shape index (κ1) is 31.7. The van der Waals surface area contributed by atoms with Crippen LogP contribution in [0.15, 0.2) is 194 Å². The minimum absolute atomic E-state index is 0.0985. The lowest BCUT2D eigenvalue weighted by molar-refractivity contribution is 0.550. The Morgan fingerprint density at radius 2 is 0.982 bits per heavy atom. The molecule has 8 aromatic carbocycles. The Hall–Kier alpha value is -6.64. The molecular formula is C54H40N2. The fraction of sp³-hybridized carbons (Fsp3) is 0.111. The molecule has 0 radical (unpaired) electrons. The second kappa shape index (κ2) is 11.9. The number of hydrogen-bond donors (Lipinski definition) is 0. The van der Waals surface area contributed by atoms with Gasteiger partial charge in [0.1, 0.15) is 5.54 Å². The average Bonchev–Trinajstić information content (AvgIpc) is 4.03. The summed E-state index contributed by atoms with van der Waals surface area (Å²) in [4.78, 5) is 2.52. The second-order valence-electron chi connectivity index (χ2n) is 15.9. The van der Waals surface area contributed by atoms with Crippen LogP contribution in [0.4, 0.5) is 17.1 Å². The molecular weight excluding hydrogens is 677 g/mol. The van der Waals surface area contributed by atoms with E-state index in [4.69, 9.17) is 0 Å². The van der Waals surface area contributed by atoms with E-state index in [-0.39, 0.29) is 5.41 Å². The third-order valence-corrected chi connectivity index (χ3v) is 13.3. The first-order chi connectivity index (χ1) is 27.8. The van der Waals surface area contributed by atoms with E-state index in [0.29, 0.717) is 0 Å². The molecule has 1 spiro atoms. The fourth-order valence-corrected chi connectivity index (χ4v) is 11.2. The minimum atomic E-state index is -0.573. The minimum Gasteiger partial charge on any atom is -0.322 e. The molecule has 0 amide bonds. The van der Waals surface area contributed by atoms with Crippen LogP contribution in [0.5, 0.6) is 0 Å². The highest BCUT2D eigenvalue weighted by Crippen LogP contribution is 2.60. The highest BCUT2D eigenvalue weighted by atomic mass is 15.1. The van der Waals surface area contributed by atoms with Crippen LogP contribution in [0.2, 0.25) is 0 Å². The van der Waals surface area contributed by atoms with Gasteiger partial charge >= 0.3 is 0 Å². The quantitative estimate of drug-likeness (QED) is 0.172. The lowest BCUT2D eigenvalue weighted by Gasteiger charge is -2.36. The molecule has 2 heteroatoms. The summed E-state index contributed by atoms with van der Waals surface area (Å²) in [7, 11) is 0. The van der Waals surface area contributed by atoms with Crippen LogP contribution in [0.3, 0.4) is 0 Å². The van der Waals surface area contributed by atoms with Crippen LogP contribution in [-0.2, 0) is 11.0 Å². The lowest BCUT2D eigenvalue weighted by atomic mass is 9.77. The van der Waals surface area contributed by atoms with Crippen LogP contribution in [0.25, 0.3) is 44.1 Å². The van der Waals surface area contributed by atoms with Gasteiger partial charge in [-0.25, -0.2) is 0 Å². The van der Waals surface area contributed by atoms with Gasteiger partial charge in [0.2, 0.25) is 0 Å². The summed E-state index contributed by atoms with van der Waals surface area (Å²) >= 11 is 0. The van der Waals surface area contributed by atoms with Gasteiger partial charge in [0.05, 0.1) is 16.7 Å². The molecule has 0 atom stereocenters. The van der Waals surface area contributed by atoms with E-state index in [1.54, 1.807) is 0 Å². The van der Waals surface area contributed by atoms with Crippen molar-refractivity contribution >= 4 is 38.9 Å². The molecule has 1 fully saturated rings. The highest BCUT2D eigenvalue weighted by molar-refractivity contribution is 6.11. The van der Waals surface area contributed by atoms with Gasteiger partial charge in [-0.2, -0.15) is 0 Å². The number of rotatable bonds is 5. The number of anilines is 3. The smallest absolute Gasteiger partial charge is 0.122 e. The van der Waals surface area contributed by atoms with Gasteiger partial charge in [0.15, 0.2) is 0 Å². The highest BCUT2D eigenvalue weighted by Gasteiger charge is 2.48. The Morgan fingerprint density at radius 1 is 0.411 bits per heavy atom. The van der Waals surface area contributed by atoms with Crippen molar-refractivity contribution in [1.29, 1.82) is 0 Å². The van der Waals surface area contributed by atoms with Gasteiger partial charge in [-0.1, -0.05) is 165 Å². The summed E-state index contributed by atoms with van der Waals surface area (Å²) in [5.74, 6) is 0. The van der Waals surface area contributed by atoms with Crippen LogP contribution >= 0.6 is 0 Å². The third kappa shape index (κ3) is 4.11. The second-order valence-corrected chi connectivity index (χ2v) is 15.9. The lowest BCUT2D eigenvalue weighted by Crippen LogP contribution is -2.35. The molecule has 0 saturated heterocycles. The molecule has 3 aliphatic rings. The van der Waals surface area contributed by atoms with E-state index in [1.807, 2.05) is 0 Å². The Morgan fingerprint density at radius 3 is 1.71 bits per heavy atom. The molecule has 2 nitrogen and oxygen atoms in total. The van der Waals surface area contributed by atoms with Crippen molar-refractivity contribution in [2.45, 2.75) is 36.6 Å². The van der Waals surface area contributed by atoms with E-state index < -0.39 is 5.54 Å². The van der Waals surface area contributed by atoms with Gasteiger partial charge in [0.25, 0.3) is 0 Å². The maximum atomic E-state index is 2.65. The van der Waals surface area contributed by atoms with Crippen molar-refractivity contribution in [3.05, 3.63) is 222 Å². The van der Waals surface area contributed by atoms with Crippen molar-refractivity contribution in [3.63, 3.8) is 0 Å². The molecule has 9 aromatic rings. The maximum Gasteiger partial charge on any atom is 0.122 e. The Labute approximate surface area is 327 Å². The predicted molar refractivity (Wildman–Crippen MR) is 232 cm³/mol. The summed E-state index contributed by atoms with van der Waals surface area (Å²) in [6, 6.07) is 72.7. The van der Waals surface area contributed by atoms with Crippen LogP contribution in [0.1, 0.15) is 53.5 Å². The van der Waals surface area contributed by atoms with Gasteiger partial charge in [-0.05, 0) is 99.8 Å². The molecule has 266 valence electrons. The summed E-state index contributed by atoms with van der Waals surface area (Å²) < 4.78 is 2.65. The summed E-state index contributed by atoms with van der Waals surface area (Å²) in [6.07, 6.45) is 4.99. The molecule has 12 rings (SSSR count). The average molecular weight is 717 g/mol. The largest absolute Gasteiger partial charge is 0.322 e. The topological polar surface area (TPSA) is 8.17 Å². The molecule has 1 heterocycles. The summed E-state index contributed by atoms with van der Waals surface area (Å²) in [6.45, 7) is 0. The van der Waals surface area contributed by atoms with E-state index in [1.165, 1.54) is 103 Å². The van der Waals surface area contributed by atoms with Crippen molar-refractivity contribution in [2.75, 3.05) is 4.90 Å². The van der Waals surface area contributed by atoms with Crippen molar-refractivity contribution in [3.8, 4) is 22.3 Å². The number of nitrogens with zero attached hydrogens (tertiary/aromatic N) is 2. The van der Waals surface area contributed by atoms with E-state index in [2.05, 4.69) is 204 Å². The van der Waals surface area contributed by atoms with Crippen molar-refractivity contribution < 1.29 is 0 Å². The molecule has 0 unspecified atom stereocenters. The number of aromatic nitrogens is 1. The fourth-order valence-electron chi connectivity index (χ4n) is 11.2. The zero-order chi connectivity index (χ0) is 36.8. The molecule has 0 N–H and O–H groups in total. The number of para-hydroxylation sites is 2. The Bertz CT molecular complexity index is 2940. The molecule has 3 aliphatic carbocycles. The number of benzene rings is 8. The molecule has 56 heavy (non-hydrogen) atoms. The molecule has 0 aliphatic heterocycles. The normalized spacial score (nSPS) is 15.5. The van der Waals surface area contributed by atoms with Crippen molar-refractivity contribution in [1.82, 2.24) is 4.57 Å². The van der Waals surface area contributed by atoms with Crippen LogP contribution < -0.4 is 4.90 Å². The van der Waals surface area contributed by atoms with Gasteiger partial charge in [-0.3, -0.25) is 0 Å². The van der Waals surface area contributed by atoms with Crippen molar-refractivity contribution in [2.24, 2.45) is 0 Å². The van der Waals surface area contributed by atoms with Gasteiger partial charge in [0, 0.05) is 33.1 Å². The Balaban J connectivity index is 1.15. The number of hydrogen-bond acceptors (Lipinski definition) is 1. The first-order valence-corrected chi connectivity index (χ1v) is 20.2. The SMILES string of the molecule is c1ccc(N(c2ccc3c(c2)c2ccccc2n3C2(c3ccccc3)c3ccccc3-c3ccccc32)c2cccc3c2-c2ccccc2C32CCCC2)cc1. The van der Waals surface area contributed by atoms with E-state index >= 15 is 0 Å². The first-order valence-electron chi connectivity index (χ1n) is 20.2. The van der Waals surface area contributed by atoms with Gasteiger partial charge < -0.3 is 9.47 Å². The standard InChI is InChI=1S/C54H40N2/c1-3-18-37(19-4-1)54(46-27-12-7-22-40(46)41-23-8-13-28-47(41)54)56-49-30-14-10-24-42(49)44-36-39(32-33-50(44)56)55(38-20-5-2-6-21-38)51-31-17-29-48-52(51)43-25-9-11-26-45(43)53(48)34-15-16-35-53/h1-14,17-33,36H,15-16,34-35H2. The zero-order valence-corrected chi connectivity index (χ0v) is 31.2. The third-order valence-electron chi connectivity index (χ3n) is 13.3. The summed E-state index contributed by atoms with van der Waals surface area (Å²) in [5.41, 5.74) is 17.8. The predicted octanol–water partition coefficient (Wildman–Crippen LogP) is 13.9. The Kier molecular flexibility index (Phi) is 6.75. The van der Waals surface area contributed by atoms with Crippen LogP contribution in [-0.4, -0.2) is 4.57 Å². The summed E-state index contributed by atoms with van der Waals surface area (Å²) in [5, 5.41) is 2.50. The van der Waals surface area contributed by atoms with Gasteiger partial charge in [-0.15, -0.1) is 0 Å². The molecule has 1 saturated carbocycles. The molecule has 1 aromatic heterocycles. The van der Waals surface area contributed by atoms with Crippen LogP contribution in [0, 0.1) is 0 Å².